The van der Waals surface area contributed by atoms with E-state index in [4.69, 9.17) is 0 Å². The van der Waals surface area contributed by atoms with Crippen molar-refractivity contribution in [1.29, 1.82) is 0 Å². The van der Waals surface area contributed by atoms with E-state index in [9.17, 15) is 9.59 Å². The molecule has 26 heavy (non-hydrogen) atoms. The molecule has 2 rings (SSSR count). The van der Waals surface area contributed by atoms with Crippen molar-refractivity contribution in [3.63, 3.8) is 0 Å². The van der Waals surface area contributed by atoms with Gasteiger partial charge in [0.25, 0.3) is 0 Å². The first-order valence-corrected chi connectivity index (χ1v) is 8.50. The summed E-state index contributed by atoms with van der Waals surface area (Å²) in [6, 6.07) is 18.9. The van der Waals surface area contributed by atoms with E-state index in [1.807, 2.05) is 74.5 Å². The summed E-state index contributed by atoms with van der Waals surface area (Å²) in [4.78, 5) is 23.9. The quantitative estimate of drug-likeness (QED) is 0.477. The highest BCUT2D eigenvalue weighted by molar-refractivity contribution is 6.35. The molecular formula is C20H22N4O2. The zero-order chi connectivity index (χ0) is 18.8. The van der Waals surface area contributed by atoms with Crippen LogP contribution in [0.3, 0.4) is 0 Å². The van der Waals surface area contributed by atoms with Gasteiger partial charge in [0.05, 0.1) is 11.4 Å². The molecule has 0 radical (unpaired) electrons. The molecule has 0 bridgehead atoms. The molecule has 2 aromatic carbocycles. The van der Waals surface area contributed by atoms with Crippen LogP contribution in [0.5, 0.6) is 0 Å². The van der Waals surface area contributed by atoms with Gasteiger partial charge in [-0.3, -0.25) is 9.59 Å². The molecule has 0 unspecified atom stereocenters. The molecule has 2 N–H and O–H groups in total. The van der Waals surface area contributed by atoms with Gasteiger partial charge in [-0.15, -0.1) is 0 Å². The van der Waals surface area contributed by atoms with Gasteiger partial charge in [-0.2, -0.15) is 10.2 Å². The van der Waals surface area contributed by atoms with Crippen LogP contribution >= 0.6 is 0 Å². The van der Waals surface area contributed by atoms with E-state index in [1.54, 1.807) is 0 Å². The first-order valence-electron chi connectivity index (χ1n) is 8.50. The average Bonchev–Trinajstić information content (AvgIpc) is 2.70. The number of hydrogen-bond donors (Lipinski definition) is 2. The Kier molecular flexibility index (Phi) is 7.24. The molecule has 0 saturated carbocycles. The molecule has 0 saturated heterocycles. The maximum atomic E-state index is 11.9. The Morgan fingerprint density at radius 3 is 1.35 bits per heavy atom. The lowest BCUT2D eigenvalue weighted by molar-refractivity contribution is -0.139. The molecule has 2 amide bonds. The molecule has 0 aliphatic rings. The topological polar surface area (TPSA) is 82.9 Å². The minimum Gasteiger partial charge on any atom is -0.262 e. The molecule has 0 atom stereocenters. The van der Waals surface area contributed by atoms with Crippen molar-refractivity contribution in [2.24, 2.45) is 10.2 Å². The number of amides is 2. The Morgan fingerprint density at radius 1 is 0.692 bits per heavy atom. The van der Waals surface area contributed by atoms with Crippen LogP contribution in [0.2, 0.25) is 0 Å². The molecule has 0 fully saturated rings. The van der Waals surface area contributed by atoms with Crippen LogP contribution in [-0.2, 0) is 9.59 Å². The predicted molar refractivity (Wildman–Crippen MR) is 103 cm³/mol. The second-order valence-corrected chi connectivity index (χ2v) is 5.44. The van der Waals surface area contributed by atoms with Crippen molar-refractivity contribution < 1.29 is 9.59 Å². The molecular weight excluding hydrogens is 328 g/mol. The number of hydrazone groups is 2. The molecule has 2 aromatic rings. The van der Waals surface area contributed by atoms with Gasteiger partial charge < -0.3 is 0 Å². The number of carbonyl (C=O) groups excluding carboxylic acids is 2. The minimum absolute atomic E-state index is 0.623. The Morgan fingerprint density at radius 2 is 1.04 bits per heavy atom. The number of hydrogen-bond acceptors (Lipinski definition) is 4. The van der Waals surface area contributed by atoms with E-state index in [2.05, 4.69) is 21.1 Å². The molecule has 134 valence electrons. The summed E-state index contributed by atoms with van der Waals surface area (Å²) in [5.74, 6) is -1.72. The number of benzene rings is 2. The number of carbonyl (C=O) groups is 2. The van der Waals surface area contributed by atoms with E-state index in [-0.39, 0.29) is 0 Å². The van der Waals surface area contributed by atoms with Gasteiger partial charge in [-0.05, 0) is 24.0 Å². The fourth-order valence-electron chi connectivity index (χ4n) is 2.29. The van der Waals surface area contributed by atoms with Gasteiger partial charge in [0.1, 0.15) is 0 Å². The van der Waals surface area contributed by atoms with Crippen LogP contribution in [0, 0.1) is 0 Å². The largest absolute Gasteiger partial charge is 0.331 e. The lowest BCUT2D eigenvalue weighted by Crippen LogP contribution is -2.36. The maximum absolute atomic E-state index is 11.9. The summed E-state index contributed by atoms with van der Waals surface area (Å²) in [5, 5.41) is 8.09. The molecule has 0 heterocycles. The third-order valence-electron chi connectivity index (χ3n) is 3.67. The number of nitrogens with one attached hydrogen (secondary N) is 2. The second-order valence-electron chi connectivity index (χ2n) is 5.44. The average molecular weight is 350 g/mol. The van der Waals surface area contributed by atoms with Crippen LogP contribution in [0.15, 0.2) is 70.9 Å². The van der Waals surface area contributed by atoms with Gasteiger partial charge in [0.2, 0.25) is 0 Å². The predicted octanol–water partition coefficient (Wildman–Crippen LogP) is 2.85. The highest BCUT2D eigenvalue weighted by atomic mass is 16.2. The van der Waals surface area contributed by atoms with Gasteiger partial charge >= 0.3 is 11.8 Å². The van der Waals surface area contributed by atoms with Gasteiger partial charge in [-0.25, -0.2) is 10.9 Å². The van der Waals surface area contributed by atoms with Crippen LogP contribution in [0.25, 0.3) is 0 Å². The fourth-order valence-corrected chi connectivity index (χ4v) is 2.29. The lowest BCUT2D eigenvalue weighted by Gasteiger charge is -2.06. The second kappa shape index (κ2) is 9.88. The molecule has 0 aliphatic carbocycles. The number of nitrogens with zero attached hydrogens (tertiary/aromatic N) is 2. The normalized spacial score (nSPS) is 11.8. The maximum Gasteiger partial charge on any atom is 0.331 e. The number of rotatable bonds is 6. The molecule has 6 nitrogen and oxygen atoms in total. The smallest absolute Gasteiger partial charge is 0.262 e. The van der Waals surface area contributed by atoms with Crippen molar-refractivity contribution >= 4 is 23.2 Å². The third kappa shape index (κ3) is 5.37. The summed E-state index contributed by atoms with van der Waals surface area (Å²) in [7, 11) is 0. The van der Waals surface area contributed by atoms with Crippen molar-refractivity contribution in [3.05, 3.63) is 71.8 Å². The SMILES string of the molecule is CC/C(=N/NC(=O)C(=O)N/N=C(/CC)c1ccccc1)c1ccccc1. The van der Waals surface area contributed by atoms with Crippen LogP contribution in [0.4, 0.5) is 0 Å². The summed E-state index contributed by atoms with van der Waals surface area (Å²) >= 11 is 0. The van der Waals surface area contributed by atoms with Gasteiger partial charge in [0.15, 0.2) is 0 Å². The Hall–Kier alpha value is -3.28. The Labute approximate surface area is 153 Å². The third-order valence-corrected chi connectivity index (χ3v) is 3.67. The first kappa shape index (κ1) is 19.1. The monoisotopic (exact) mass is 350 g/mol. The fraction of sp³-hybridized carbons (Fsp3) is 0.200. The van der Waals surface area contributed by atoms with E-state index < -0.39 is 11.8 Å². The van der Waals surface area contributed by atoms with Crippen molar-refractivity contribution in [2.45, 2.75) is 26.7 Å². The standard InChI is InChI=1S/C20H22N4O2/c1-3-17(15-11-7-5-8-12-15)21-23-19(25)20(26)24-22-18(4-2)16-13-9-6-10-14-16/h5-14H,3-4H2,1-2H3,(H,23,25)(H,24,26)/b21-17-,22-18-. The van der Waals surface area contributed by atoms with Crippen molar-refractivity contribution in [3.8, 4) is 0 Å². The summed E-state index contributed by atoms with van der Waals surface area (Å²) in [6.45, 7) is 3.85. The van der Waals surface area contributed by atoms with Crippen molar-refractivity contribution in [2.75, 3.05) is 0 Å². The highest BCUT2D eigenvalue weighted by Crippen LogP contribution is 2.04. The van der Waals surface area contributed by atoms with Crippen LogP contribution in [-0.4, -0.2) is 23.2 Å². The van der Waals surface area contributed by atoms with E-state index >= 15 is 0 Å². The van der Waals surface area contributed by atoms with Gasteiger partial charge in [-0.1, -0.05) is 74.5 Å². The Bertz CT molecular complexity index is 730. The van der Waals surface area contributed by atoms with E-state index in [0.29, 0.717) is 24.3 Å². The minimum atomic E-state index is -0.862. The van der Waals surface area contributed by atoms with Crippen molar-refractivity contribution in [1.82, 2.24) is 10.9 Å². The van der Waals surface area contributed by atoms with Crippen LogP contribution in [0.1, 0.15) is 37.8 Å². The Balaban J connectivity index is 2.00. The van der Waals surface area contributed by atoms with Gasteiger partial charge in [0, 0.05) is 0 Å². The first-order chi connectivity index (χ1) is 12.7. The van der Waals surface area contributed by atoms with E-state index in [1.165, 1.54) is 0 Å². The van der Waals surface area contributed by atoms with Crippen LogP contribution < -0.4 is 10.9 Å². The summed E-state index contributed by atoms with van der Waals surface area (Å²) < 4.78 is 0. The summed E-state index contributed by atoms with van der Waals surface area (Å²) in [6.07, 6.45) is 1.25. The van der Waals surface area contributed by atoms with E-state index in [0.717, 1.165) is 11.1 Å². The zero-order valence-corrected chi connectivity index (χ0v) is 14.9. The highest BCUT2D eigenvalue weighted by Gasteiger charge is 2.13. The zero-order valence-electron chi connectivity index (χ0n) is 14.9. The molecule has 0 spiro atoms. The summed E-state index contributed by atoms with van der Waals surface area (Å²) in [5.41, 5.74) is 7.73. The molecule has 6 heteroatoms. The molecule has 0 aromatic heterocycles. The molecule has 0 aliphatic heterocycles. The lowest BCUT2D eigenvalue weighted by atomic mass is 10.1.